The van der Waals surface area contributed by atoms with Crippen molar-refractivity contribution in [1.29, 1.82) is 0 Å². The van der Waals surface area contributed by atoms with Gasteiger partial charge in [0, 0.05) is 40.2 Å². The van der Waals surface area contributed by atoms with Crippen molar-refractivity contribution in [3.8, 4) is 0 Å². The molecule has 1 aliphatic rings. The number of alkyl halides is 1. The summed E-state index contributed by atoms with van der Waals surface area (Å²) in [6.07, 6.45) is -0.750. The second-order valence-electron chi connectivity index (χ2n) is 7.19. The first-order valence-electron chi connectivity index (χ1n) is 10.2. The van der Waals surface area contributed by atoms with E-state index in [1.807, 2.05) is 0 Å². The highest BCUT2D eigenvalue weighted by atomic mass is 35.5. The summed E-state index contributed by atoms with van der Waals surface area (Å²) in [6, 6.07) is -0.942. The zero-order valence-electron chi connectivity index (χ0n) is 18.4. The number of hydrogen-bond acceptors (Lipinski definition) is 9. The highest BCUT2D eigenvalue weighted by Gasteiger charge is 2.51. The molecule has 0 spiro atoms. The standard InChI is InChI=1S/C20H32ClNO9/c1-12(23)22-17-19(30-15(4)26)18(29-14(3)25)16(11-28-13(2)24)31-20(17)27-10-8-6-5-7-9-21/h16-20H,5-11H2,1-4H3,(H,22,23)/t16-,17+,18+,19+,20-/m1/s1. The van der Waals surface area contributed by atoms with Crippen molar-refractivity contribution in [2.24, 2.45) is 0 Å². The molecule has 0 aromatic rings. The van der Waals surface area contributed by atoms with Gasteiger partial charge in [0.2, 0.25) is 5.91 Å². The third-order valence-electron chi connectivity index (χ3n) is 4.38. The van der Waals surface area contributed by atoms with Gasteiger partial charge in [0.05, 0.1) is 0 Å². The summed E-state index contributed by atoms with van der Waals surface area (Å²) in [6.45, 7) is 4.95. The average molecular weight is 466 g/mol. The molecule has 1 rings (SSSR count). The quantitative estimate of drug-likeness (QED) is 0.197. The highest BCUT2D eigenvalue weighted by Crippen LogP contribution is 2.28. The SMILES string of the molecule is CC(=O)N[C@@H]1[C@H](OCCCCCCCl)O[C@H](COC(C)=O)[C@H](OC(C)=O)[C@H]1OC(C)=O. The number of nitrogens with one attached hydrogen (secondary N) is 1. The monoisotopic (exact) mass is 465 g/mol. The molecule has 178 valence electrons. The molecule has 0 bridgehead atoms. The third-order valence-corrected chi connectivity index (χ3v) is 4.65. The smallest absolute Gasteiger partial charge is 0.303 e. The van der Waals surface area contributed by atoms with Gasteiger partial charge in [0.15, 0.2) is 18.5 Å². The van der Waals surface area contributed by atoms with E-state index in [4.69, 9.17) is 35.3 Å². The van der Waals surface area contributed by atoms with Crippen molar-refractivity contribution >= 4 is 35.4 Å². The average Bonchev–Trinajstić information content (AvgIpc) is 2.66. The first-order valence-corrected chi connectivity index (χ1v) is 10.8. The highest BCUT2D eigenvalue weighted by molar-refractivity contribution is 6.17. The van der Waals surface area contributed by atoms with Gasteiger partial charge < -0.3 is 29.0 Å². The Balaban J connectivity index is 3.07. The molecule has 1 saturated heterocycles. The van der Waals surface area contributed by atoms with E-state index >= 15 is 0 Å². The molecular formula is C20H32ClNO9. The van der Waals surface area contributed by atoms with Crippen molar-refractivity contribution in [2.45, 2.75) is 84.0 Å². The molecule has 1 aliphatic heterocycles. The molecule has 10 nitrogen and oxygen atoms in total. The Hall–Kier alpha value is -1.91. The molecule has 31 heavy (non-hydrogen) atoms. The molecule has 11 heteroatoms. The molecule has 0 saturated carbocycles. The maximum atomic E-state index is 11.8. The number of halogens is 1. The summed E-state index contributed by atoms with van der Waals surface area (Å²) in [5, 5.41) is 2.65. The van der Waals surface area contributed by atoms with E-state index in [9.17, 15) is 19.2 Å². The normalized spacial score (nSPS) is 25.4. The van der Waals surface area contributed by atoms with Crippen LogP contribution in [0.5, 0.6) is 0 Å². The molecule has 0 aromatic heterocycles. The number of esters is 3. The predicted octanol–water partition coefficient (Wildman–Crippen LogP) is 1.46. The van der Waals surface area contributed by atoms with Crippen LogP contribution in [0.4, 0.5) is 0 Å². The molecule has 1 N–H and O–H groups in total. The van der Waals surface area contributed by atoms with Gasteiger partial charge in [-0.2, -0.15) is 0 Å². The molecule has 1 fully saturated rings. The summed E-state index contributed by atoms with van der Waals surface area (Å²) in [7, 11) is 0. The minimum Gasteiger partial charge on any atom is -0.463 e. The molecule has 0 unspecified atom stereocenters. The Kier molecular flexibility index (Phi) is 12.4. The summed E-state index contributed by atoms with van der Waals surface area (Å²) < 4.78 is 27.5. The van der Waals surface area contributed by atoms with Gasteiger partial charge in [-0.05, 0) is 12.8 Å². The first kappa shape index (κ1) is 27.1. The topological polar surface area (TPSA) is 126 Å². The fourth-order valence-corrected chi connectivity index (χ4v) is 3.37. The number of rotatable bonds is 12. The maximum Gasteiger partial charge on any atom is 0.303 e. The number of carbonyl (C=O) groups is 4. The summed E-state index contributed by atoms with van der Waals surface area (Å²) in [4.78, 5) is 46.5. The van der Waals surface area contributed by atoms with E-state index in [0.717, 1.165) is 25.7 Å². The number of amides is 1. The largest absolute Gasteiger partial charge is 0.463 e. The predicted molar refractivity (Wildman–Crippen MR) is 109 cm³/mol. The van der Waals surface area contributed by atoms with Gasteiger partial charge in [-0.3, -0.25) is 19.2 Å². The number of hydrogen-bond donors (Lipinski definition) is 1. The van der Waals surface area contributed by atoms with Crippen LogP contribution in [0.15, 0.2) is 0 Å². The van der Waals surface area contributed by atoms with Crippen molar-refractivity contribution in [3.05, 3.63) is 0 Å². The lowest BCUT2D eigenvalue weighted by atomic mass is 9.96. The number of ether oxygens (including phenoxy) is 5. The molecule has 0 radical (unpaired) electrons. The van der Waals surface area contributed by atoms with Gasteiger partial charge in [-0.1, -0.05) is 12.8 Å². The third kappa shape index (κ3) is 10.3. The van der Waals surface area contributed by atoms with Crippen LogP contribution in [0.1, 0.15) is 53.4 Å². The molecule has 0 aliphatic carbocycles. The lowest BCUT2D eigenvalue weighted by Gasteiger charge is -2.44. The minimum absolute atomic E-state index is 0.257. The van der Waals surface area contributed by atoms with Crippen molar-refractivity contribution in [3.63, 3.8) is 0 Å². The number of unbranched alkanes of at least 4 members (excludes halogenated alkanes) is 3. The Bertz CT molecular complexity index is 615. The van der Waals surface area contributed by atoms with Crippen LogP contribution in [0.3, 0.4) is 0 Å². The Morgan fingerprint density at radius 1 is 0.871 bits per heavy atom. The molecular weight excluding hydrogens is 434 g/mol. The van der Waals surface area contributed by atoms with Crippen LogP contribution < -0.4 is 5.32 Å². The maximum absolute atomic E-state index is 11.8. The summed E-state index contributed by atoms with van der Waals surface area (Å²) in [5.74, 6) is -1.68. The Morgan fingerprint density at radius 3 is 2.03 bits per heavy atom. The minimum atomic E-state index is -1.12. The van der Waals surface area contributed by atoms with Gasteiger partial charge in [-0.25, -0.2) is 0 Å². The summed E-state index contributed by atoms with van der Waals surface area (Å²) >= 11 is 5.67. The van der Waals surface area contributed by atoms with E-state index in [-0.39, 0.29) is 6.61 Å². The molecule has 0 aromatic carbocycles. The summed E-state index contributed by atoms with van der Waals surface area (Å²) in [5.41, 5.74) is 0. The van der Waals surface area contributed by atoms with Crippen molar-refractivity contribution < 1.29 is 42.9 Å². The van der Waals surface area contributed by atoms with Crippen LogP contribution in [0.2, 0.25) is 0 Å². The van der Waals surface area contributed by atoms with E-state index in [0.29, 0.717) is 12.5 Å². The van der Waals surface area contributed by atoms with Crippen LogP contribution in [0, 0.1) is 0 Å². The van der Waals surface area contributed by atoms with Gasteiger partial charge in [0.1, 0.15) is 18.8 Å². The fourth-order valence-electron chi connectivity index (χ4n) is 3.18. The second kappa shape index (κ2) is 14.2. The zero-order valence-corrected chi connectivity index (χ0v) is 19.1. The van der Waals surface area contributed by atoms with E-state index in [1.165, 1.54) is 27.7 Å². The van der Waals surface area contributed by atoms with Crippen LogP contribution in [-0.2, 0) is 42.9 Å². The zero-order chi connectivity index (χ0) is 23.4. The lowest BCUT2D eigenvalue weighted by Crippen LogP contribution is -2.66. The fraction of sp³-hybridized carbons (Fsp3) is 0.800. The van der Waals surface area contributed by atoms with Gasteiger partial charge >= 0.3 is 17.9 Å². The van der Waals surface area contributed by atoms with E-state index in [1.54, 1.807) is 0 Å². The molecule has 1 amide bonds. The molecule has 5 atom stereocenters. The lowest BCUT2D eigenvalue weighted by molar-refractivity contribution is -0.277. The van der Waals surface area contributed by atoms with E-state index < -0.39 is 54.5 Å². The van der Waals surface area contributed by atoms with Crippen molar-refractivity contribution in [2.75, 3.05) is 19.1 Å². The van der Waals surface area contributed by atoms with E-state index in [2.05, 4.69) is 5.32 Å². The Labute approximate surface area is 187 Å². The first-order chi connectivity index (χ1) is 14.6. The van der Waals surface area contributed by atoms with Gasteiger partial charge in [-0.15, -0.1) is 11.6 Å². The molecule has 1 heterocycles. The second-order valence-corrected chi connectivity index (χ2v) is 7.57. The number of carbonyl (C=O) groups excluding carboxylic acids is 4. The van der Waals surface area contributed by atoms with Crippen LogP contribution in [-0.4, -0.2) is 73.6 Å². The van der Waals surface area contributed by atoms with Crippen LogP contribution >= 0.6 is 11.6 Å². The van der Waals surface area contributed by atoms with Crippen molar-refractivity contribution in [1.82, 2.24) is 5.32 Å². The van der Waals surface area contributed by atoms with Crippen LogP contribution in [0.25, 0.3) is 0 Å². The van der Waals surface area contributed by atoms with Gasteiger partial charge in [0.25, 0.3) is 0 Å². The Morgan fingerprint density at radius 2 is 1.48 bits per heavy atom.